The molecule has 1 aromatic heterocycles. The molecule has 2 aromatic rings. The number of hydrogen-bond acceptors (Lipinski definition) is 6. The molecule has 2 rings (SSSR count). The van der Waals surface area contributed by atoms with Crippen molar-refractivity contribution in [2.24, 2.45) is 0 Å². The zero-order valence-corrected chi connectivity index (χ0v) is 15.4. The van der Waals surface area contributed by atoms with Crippen LogP contribution >= 0.6 is 11.3 Å². The van der Waals surface area contributed by atoms with Crippen LogP contribution in [0.1, 0.15) is 27.7 Å². The standard InChI is InChI=1S/C16H17NO6S2/c1-9-4-6-12(7-5-9)25(21,22)17-11(3)16(20)23-13-8-24-14(10(13)2)15(18)19/h4-8,11,17H,1-3H3,(H,18,19)/t11-/m0/s1. The number of aryl methyl sites for hydroxylation is 1. The SMILES string of the molecule is Cc1ccc(S(=O)(=O)N[C@@H](C)C(=O)Oc2csc(C(=O)O)c2C)cc1. The predicted octanol–water partition coefficient (Wildman–Crippen LogP) is 2.34. The molecule has 0 amide bonds. The highest BCUT2D eigenvalue weighted by Gasteiger charge is 2.25. The van der Waals surface area contributed by atoms with Crippen molar-refractivity contribution in [3.05, 3.63) is 45.6 Å². The molecule has 0 unspecified atom stereocenters. The van der Waals surface area contributed by atoms with Crippen LogP contribution < -0.4 is 9.46 Å². The third kappa shape index (κ3) is 4.44. The van der Waals surface area contributed by atoms with Crippen LogP contribution in [0.15, 0.2) is 34.5 Å². The van der Waals surface area contributed by atoms with Gasteiger partial charge in [0.1, 0.15) is 16.7 Å². The van der Waals surface area contributed by atoms with Crippen molar-refractivity contribution in [3.8, 4) is 5.75 Å². The fraction of sp³-hybridized carbons (Fsp3) is 0.250. The molecule has 0 aliphatic heterocycles. The molecule has 0 saturated heterocycles. The number of carbonyl (C=O) groups is 2. The number of sulfonamides is 1. The van der Waals surface area contributed by atoms with Crippen molar-refractivity contribution < 1.29 is 27.9 Å². The summed E-state index contributed by atoms with van der Waals surface area (Å²) in [6.45, 7) is 4.70. The lowest BCUT2D eigenvalue weighted by atomic mass is 10.2. The lowest BCUT2D eigenvalue weighted by molar-refractivity contribution is -0.135. The van der Waals surface area contributed by atoms with E-state index in [9.17, 15) is 18.0 Å². The third-order valence-corrected chi connectivity index (χ3v) is 6.02. The molecule has 0 aliphatic carbocycles. The minimum absolute atomic E-state index is 0.0395. The molecule has 2 N–H and O–H groups in total. The van der Waals surface area contributed by atoms with E-state index < -0.39 is 28.0 Å². The minimum atomic E-state index is -3.87. The van der Waals surface area contributed by atoms with E-state index in [0.29, 0.717) is 5.56 Å². The summed E-state index contributed by atoms with van der Waals surface area (Å²) in [5.74, 6) is -1.83. The van der Waals surface area contributed by atoms with Crippen LogP contribution in [0.4, 0.5) is 0 Å². The second-order valence-corrected chi connectivity index (χ2v) is 8.03. The van der Waals surface area contributed by atoms with Gasteiger partial charge in [-0.15, -0.1) is 11.3 Å². The lowest BCUT2D eigenvalue weighted by Gasteiger charge is -2.13. The van der Waals surface area contributed by atoms with Gasteiger partial charge < -0.3 is 9.84 Å². The Kier molecular flexibility index (Phi) is 5.61. The number of hydrogen-bond donors (Lipinski definition) is 2. The molecule has 0 radical (unpaired) electrons. The second-order valence-electron chi connectivity index (χ2n) is 5.44. The number of carboxylic acids is 1. The highest BCUT2D eigenvalue weighted by atomic mass is 32.2. The molecule has 0 saturated carbocycles. The Balaban J connectivity index is 2.10. The van der Waals surface area contributed by atoms with E-state index in [1.54, 1.807) is 12.1 Å². The van der Waals surface area contributed by atoms with Crippen LogP contribution in [0.5, 0.6) is 5.75 Å². The fourth-order valence-corrected chi connectivity index (χ4v) is 4.00. The van der Waals surface area contributed by atoms with Gasteiger partial charge in [0.15, 0.2) is 0 Å². The molecule has 0 spiro atoms. The van der Waals surface area contributed by atoms with Crippen molar-refractivity contribution in [1.82, 2.24) is 4.72 Å². The first-order chi connectivity index (χ1) is 11.6. The number of rotatable bonds is 6. The summed E-state index contributed by atoms with van der Waals surface area (Å²) in [7, 11) is -3.87. The van der Waals surface area contributed by atoms with Crippen LogP contribution in [0.25, 0.3) is 0 Å². The largest absolute Gasteiger partial charge is 0.477 e. The molecule has 0 bridgehead atoms. The van der Waals surface area contributed by atoms with Crippen molar-refractivity contribution >= 4 is 33.3 Å². The lowest BCUT2D eigenvalue weighted by Crippen LogP contribution is -2.40. The summed E-state index contributed by atoms with van der Waals surface area (Å²) in [5.41, 5.74) is 1.23. The maximum absolute atomic E-state index is 12.3. The average Bonchev–Trinajstić information content (AvgIpc) is 2.88. The van der Waals surface area contributed by atoms with Crippen molar-refractivity contribution in [2.75, 3.05) is 0 Å². The van der Waals surface area contributed by atoms with Gasteiger partial charge in [-0.1, -0.05) is 17.7 Å². The molecule has 9 heteroatoms. The van der Waals surface area contributed by atoms with E-state index >= 15 is 0 Å². The van der Waals surface area contributed by atoms with Crippen LogP contribution in [0, 0.1) is 13.8 Å². The van der Waals surface area contributed by atoms with Gasteiger partial charge >= 0.3 is 11.9 Å². The monoisotopic (exact) mass is 383 g/mol. The Morgan fingerprint density at radius 2 is 1.80 bits per heavy atom. The van der Waals surface area contributed by atoms with Gasteiger partial charge in [-0.25, -0.2) is 18.0 Å². The third-order valence-electron chi connectivity index (χ3n) is 3.42. The molecule has 0 aliphatic rings. The number of ether oxygens (including phenoxy) is 1. The Hall–Kier alpha value is -2.23. The Labute approximate surface area is 149 Å². The minimum Gasteiger partial charge on any atom is -0.477 e. The Bertz CT molecular complexity index is 899. The van der Waals surface area contributed by atoms with Gasteiger partial charge in [0.05, 0.1) is 4.90 Å². The maximum Gasteiger partial charge on any atom is 0.346 e. The van der Waals surface area contributed by atoms with Crippen LogP contribution in [0.3, 0.4) is 0 Å². The molecule has 7 nitrogen and oxygen atoms in total. The predicted molar refractivity (Wildman–Crippen MR) is 92.6 cm³/mol. The van der Waals surface area contributed by atoms with E-state index in [2.05, 4.69) is 4.72 Å². The van der Waals surface area contributed by atoms with Gasteiger partial charge in [-0.2, -0.15) is 4.72 Å². The fourth-order valence-electron chi connectivity index (χ4n) is 1.98. The van der Waals surface area contributed by atoms with Crippen LogP contribution in [-0.4, -0.2) is 31.5 Å². The first-order valence-electron chi connectivity index (χ1n) is 7.24. The molecular weight excluding hydrogens is 366 g/mol. The number of benzene rings is 1. The van der Waals surface area contributed by atoms with Crippen molar-refractivity contribution in [1.29, 1.82) is 0 Å². The second kappa shape index (κ2) is 7.34. The van der Waals surface area contributed by atoms with E-state index in [-0.39, 0.29) is 15.5 Å². The molecule has 1 atom stereocenters. The number of carbonyl (C=O) groups excluding carboxylic acids is 1. The normalized spacial score (nSPS) is 12.6. The Morgan fingerprint density at radius 3 is 2.32 bits per heavy atom. The summed E-state index contributed by atoms with van der Waals surface area (Å²) in [6, 6.07) is 5.05. The van der Waals surface area contributed by atoms with Crippen LogP contribution in [0.2, 0.25) is 0 Å². The smallest absolute Gasteiger partial charge is 0.346 e. The summed E-state index contributed by atoms with van der Waals surface area (Å²) in [5, 5.41) is 10.4. The molecule has 1 heterocycles. The molecule has 1 aromatic carbocycles. The molecule has 0 fully saturated rings. The first kappa shape index (κ1) is 19.1. The summed E-state index contributed by atoms with van der Waals surface area (Å²) >= 11 is 0.934. The Morgan fingerprint density at radius 1 is 1.20 bits per heavy atom. The number of carboxylic acid groups (broad SMARTS) is 1. The molecule has 25 heavy (non-hydrogen) atoms. The summed E-state index contributed by atoms with van der Waals surface area (Å²) in [6.07, 6.45) is 0. The van der Waals surface area contributed by atoms with Gasteiger partial charge in [-0.05, 0) is 32.9 Å². The van der Waals surface area contributed by atoms with Gasteiger partial charge in [0.25, 0.3) is 0 Å². The van der Waals surface area contributed by atoms with E-state index in [4.69, 9.17) is 9.84 Å². The van der Waals surface area contributed by atoms with Crippen molar-refractivity contribution in [3.63, 3.8) is 0 Å². The van der Waals surface area contributed by atoms with E-state index in [0.717, 1.165) is 16.9 Å². The van der Waals surface area contributed by atoms with Crippen molar-refractivity contribution in [2.45, 2.75) is 31.7 Å². The van der Waals surface area contributed by atoms with E-state index in [1.165, 1.54) is 31.4 Å². The highest BCUT2D eigenvalue weighted by Crippen LogP contribution is 2.28. The maximum atomic E-state index is 12.3. The van der Waals surface area contributed by atoms with Gasteiger partial charge in [0, 0.05) is 10.9 Å². The molecular formula is C16H17NO6S2. The van der Waals surface area contributed by atoms with E-state index in [1.807, 2.05) is 6.92 Å². The van der Waals surface area contributed by atoms with Gasteiger partial charge in [-0.3, -0.25) is 0 Å². The number of aromatic carboxylic acids is 1. The number of nitrogens with one attached hydrogen (secondary N) is 1. The topological polar surface area (TPSA) is 110 Å². The zero-order chi connectivity index (χ0) is 18.8. The summed E-state index contributed by atoms with van der Waals surface area (Å²) < 4.78 is 31.9. The highest BCUT2D eigenvalue weighted by molar-refractivity contribution is 7.89. The zero-order valence-electron chi connectivity index (χ0n) is 13.8. The number of thiophene rings is 1. The van der Waals surface area contributed by atoms with Gasteiger partial charge in [0.2, 0.25) is 10.0 Å². The first-order valence-corrected chi connectivity index (χ1v) is 9.60. The molecule has 134 valence electrons. The quantitative estimate of drug-likeness (QED) is 0.741. The van der Waals surface area contributed by atoms with Crippen LogP contribution in [-0.2, 0) is 14.8 Å². The summed E-state index contributed by atoms with van der Waals surface area (Å²) in [4.78, 5) is 23.2. The number of esters is 1. The average molecular weight is 383 g/mol.